The molecule has 1 aliphatic carbocycles. The van der Waals surface area contributed by atoms with E-state index < -0.39 is 0 Å². The van der Waals surface area contributed by atoms with Gasteiger partial charge in [0.1, 0.15) is 5.76 Å². The molecule has 0 unspecified atom stereocenters. The van der Waals surface area contributed by atoms with Crippen LogP contribution in [0.3, 0.4) is 0 Å². The summed E-state index contributed by atoms with van der Waals surface area (Å²) in [6.07, 6.45) is 4.69. The van der Waals surface area contributed by atoms with Crippen molar-refractivity contribution in [2.45, 2.75) is 25.3 Å². The lowest BCUT2D eigenvalue weighted by atomic mass is 9.95. The zero-order chi connectivity index (χ0) is 6.97. The Labute approximate surface area is 59.2 Å². The van der Waals surface area contributed by atoms with Crippen molar-refractivity contribution in [1.82, 2.24) is 5.16 Å². The van der Waals surface area contributed by atoms with E-state index in [1.54, 1.807) is 6.20 Å². The third-order valence-corrected chi connectivity index (χ3v) is 1.95. The SMILES string of the molecule is N[C@H]1CCc2oncc2C1. The summed E-state index contributed by atoms with van der Waals surface area (Å²) >= 11 is 0. The predicted molar refractivity (Wildman–Crippen MR) is 36.5 cm³/mol. The fourth-order valence-electron chi connectivity index (χ4n) is 1.36. The monoisotopic (exact) mass is 138 g/mol. The van der Waals surface area contributed by atoms with E-state index in [0.29, 0.717) is 6.04 Å². The van der Waals surface area contributed by atoms with Gasteiger partial charge in [0, 0.05) is 18.0 Å². The van der Waals surface area contributed by atoms with Crippen molar-refractivity contribution in [1.29, 1.82) is 0 Å². The number of hydrogen-bond acceptors (Lipinski definition) is 3. The Morgan fingerprint density at radius 1 is 1.70 bits per heavy atom. The minimum atomic E-state index is 0.312. The first-order valence-corrected chi connectivity index (χ1v) is 3.54. The summed E-state index contributed by atoms with van der Waals surface area (Å²) in [5, 5.41) is 3.71. The molecule has 0 fully saturated rings. The van der Waals surface area contributed by atoms with Crippen LogP contribution >= 0.6 is 0 Å². The van der Waals surface area contributed by atoms with Crippen molar-refractivity contribution in [3.8, 4) is 0 Å². The summed E-state index contributed by atoms with van der Waals surface area (Å²) in [5.74, 6) is 1.03. The van der Waals surface area contributed by atoms with Gasteiger partial charge in [-0.05, 0) is 12.8 Å². The Bertz CT molecular complexity index is 231. The summed E-state index contributed by atoms with van der Waals surface area (Å²) in [5.41, 5.74) is 6.93. The first-order chi connectivity index (χ1) is 4.86. The van der Waals surface area contributed by atoms with Crippen molar-refractivity contribution >= 4 is 0 Å². The largest absolute Gasteiger partial charge is 0.361 e. The molecule has 0 spiro atoms. The van der Waals surface area contributed by atoms with Gasteiger partial charge >= 0.3 is 0 Å². The molecule has 1 aromatic heterocycles. The highest BCUT2D eigenvalue weighted by Crippen LogP contribution is 2.19. The van der Waals surface area contributed by atoms with Gasteiger partial charge in [-0.25, -0.2) is 0 Å². The van der Waals surface area contributed by atoms with Gasteiger partial charge in [-0.3, -0.25) is 0 Å². The normalized spacial score (nSPS) is 24.3. The molecule has 0 aliphatic heterocycles. The van der Waals surface area contributed by atoms with Crippen LogP contribution in [0.5, 0.6) is 0 Å². The molecule has 0 bridgehead atoms. The molecule has 3 nitrogen and oxygen atoms in total. The van der Waals surface area contributed by atoms with Crippen LogP contribution in [0, 0.1) is 0 Å². The summed E-state index contributed by atoms with van der Waals surface area (Å²) in [6, 6.07) is 0.312. The van der Waals surface area contributed by atoms with Gasteiger partial charge in [-0.2, -0.15) is 0 Å². The Balaban J connectivity index is 2.30. The standard InChI is InChI=1S/C7H10N2O/c8-6-1-2-7-5(3-6)4-9-10-7/h4,6H,1-3,8H2/t6-/m0/s1. The average molecular weight is 138 g/mol. The van der Waals surface area contributed by atoms with Crippen LogP contribution in [-0.4, -0.2) is 11.2 Å². The molecule has 1 aromatic rings. The van der Waals surface area contributed by atoms with Crippen LogP contribution < -0.4 is 5.73 Å². The number of aromatic nitrogens is 1. The maximum absolute atomic E-state index is 5.74. The summed E-state index contributed by atoms with van der Waals surface area (Å²) in [6.45, 7) is 0. The first-order valence-electron chi connectivity index (χ1n) is 3.54. The van der Waals surface area contributed by atoms with Crippen molar-refractivity contribution in [3.05, 3.63) is 17.5 Å². The minimum absolute atomic E-state index is 0.312. The number of aryl methyl sites for hydroxylation is 1. The highest BCUT2D eigenvalue weighted by atomic mass is 16.5. The van der Waals surface area contributed by atoms with Gasteiger partial charge in [0.2, 0.25) is 0 Å². The topological polar surface area (TPSA) is 52.0 Å². The summed E-state index contributed by atoms with van der Waals surface area (Å²) in [7, 11) is 0. The predicted octanol–water partition coefficient (Wildman–Crippen LogP) is 0.491. The summed E-state index contributed by atoms with van der Waals surface area (Å²) < 4.78 is 5.00. The quantitative estimate of drug-likeness (QED) is 0.567. The highest BCUT2D eigenvalue weighted by molar-refractivity contribution is 5.18. The molecule has 1 heterocycles. The molecule has 10 heavy (non-hydrogen) atoms. The lowest BCUT2D eigenvalue weighted by molar-refractivity contribution is 0.366. The molecule has 1 aliphatic rings. The van der Waals surface area contributed by atoms with Crippen LogP contribution in [0.1, 0.15) is 17.7 Å². The molecular weight excluding hydrogens is 128 g/mol. The lowest BCUT2D eigenvalue weighted by Gasteiger charge is -2.14. The number of fused-ring (bicyclic) bond motifs is 1. The van der Waals surface area contributed by atoms with Crippen LogP contribution in [0.25, 0.3) is 0 Å². The zero-order valence-electron chi connectivity index (χ0n) is 5.71. The second kappa shape index (κ2) is 2.09. The molecule has 0 aromatic carbocycles. The van der Waals surface area contributed by atoms with E-state index in [4.69, 9.17) is 10.3 Å². The van der Waals surface area contributed by atoms with E-state index in [2.05, 4.69) is 5.16 Å². The molecule has 3 heteroatoms. The van der Waals surface area contributed by atoms with Crippen molar-refractivity contribution < 1.29 is 4.52 Å². The average Bonchev–Trinajstić information content (AvgIpc) is 2.33. The Hall–Kier alpha value is -0.830. The second-order valence-corrected chi connectivity index (χ2v) is 2.78. The molecule has 0 saturated carbocycles. The molecule has 0 radical (unpaired) electrons. The van der Waals surface area contributed by atoms with Crippen LogP contribution in [0.2, 0.25) is 0 Å². The van der Waals surface area contributed by atoms with Gasteiger partial charge < -0.3 is 10.3 Å². The molecule has 2 N–H and O–H groups in total. The number of nitrogens with zero attached hydrogens (tertiary/aromatic N) is 1. The van der Waals surface area contributed by atoms with E-state index in [1.807, 2.05) is 0 Å². The van der Waals surface area contributed by atoms with Gasteiger partial charge in [0.05, 0.1) is 6.20 Å². The van der Waals surface area contributed by atoms with E-state index in [0.717, 1.165) is 25.0 Å². The summed E-state index contributed by atoms with van der Waals surface area (Å²) in [4.78, 5) is 0. The van der Waals surface area contributed by atoms with Gasteiger partial charge in [0.15, 0.2) is 0 Å². The highest BCUT2D eigenvalue weighted by Gasteiger charge is 2.18. The third-order valence-electron chi connectivity index (χ3n) is 1.95. The zero-order valence-corrected chi connectivity index (χ0v) is 5.71. The smallest absolute Gasteiger partial charge is 0.140 e. The Morgan fingerprint density at radius 3 is 3.50 bits per heavy atom. The fourth-order valence-corrected chi connectivity index (χ4v) is 1.36. The van der Waals surface area contributed by atoms with Gasteiger partial charge in [0.25, 0.3) is 0 Å². The van der Waals surface area contributed by atoms with Crippen LogP contribution in [0.4, 0.5) is 0 Å². The molecule has 1 atom stereocenters. The third kappa shape index (κ3) is 0.827. The number of nitrogens with two attached hydrogens (primary N) is 1. The van der Waals surface area contributed by atoms with E-state index >= 15 is 0 Å². The fraction of sp³-hybridized carbons (Fsp3) is 0.571. The number of hydrogen-bond donors (Lipinski definition) is 1. The Morgan fingerprint density at radius 2 is 2.60 bits per heavy atom. The van der Waals surface area contributed by atoms with Crippen LogP contribution in [0.15, 0.2) is 10.7 Å². The van der Waals surface area contributed by atoms with E-state index in [1.165, 1.54) is 5.56 Å². The van der Waals surface area contributed by atoms with E-state index in [9.17, 15) is 0 Å². The molecule has 0 saturated heterocycles. The minimum Gasteiger partial charge on any atom is -0.361 e. The number of rotatable bonds is 0. The maximum Gasteiger partial charge on any atom is 0.140 e. The van der Waals surface area contributed by atoms with Crippen molar-refractivity contribution in [2.75, 3.05) is 0 Å². The van der Waals surface area contributed by atoms with Gasteiger partial charge in [-0.15, -0.1) is 0 Å². The Kier molecular flexibility index (Phi) is 1.24. The molecule has 54 valence electrons. The van der Waals surface area contributed by atoms with E-state index in [-0.39, 0.29) is 0 Å². The van der Waals surface area contributed by atoms with Gasteiger partial charge in [-0.1, -0.05) is 5.16 Å². The maximum atomic E-state index is 5.74. The molecular formula is C7H10N2O. The second-order valence-electron chi connectivity index (χ2n) is 2.78. The van der Waals surface area contributed by atoms with Crippen LogP contribution in [-0.2, 0) is 12.8 Å². The van der Waals surface area contributed by atoms with Crippen molar-refractivity contribution in [3.63, 3.8) is 0 Å². The molecule has 0 amide bonds. The lowest BCUT2D eigenvalue weighted by Crippen LogP contribution is -2.26. The van der Waals surface area contributed by atoms with Crippen molar-refractivity contribution in [2.24, 2.45) is 5.73 Å². The first kappa shape index (κ1) is 5.92. The molecule has 2 rings (SSSR count).